The average molecular weight is 243 g/mol. The molecule has 2 amide bonds. The summed E-state index contributed by atoms with van der Waals surface area (Å²) in [4.78, 5) is 22.6. The smallest absolute Gasteiger partial charge is 0.220 e. The summed E-state index contributed by atoms with van der Waals surface area (Å²) >= 11 is 0. The Morgan fingerprint density at radius 1 is 0.765 bits per heavy atom. The molecule has 0 aliphatic rings. The van der Waals surface area contributed by atoms with Gasteiger partial charge in [0.15, 0.2) is 0 Å². The predicted octanol–water partition coefficient (Wildman–Crippen LogP) is 0.409. The highest BCUT2D eigenvalue weighted by molar-refractivity contribution is 5.83. The first-order valence-electron chi connectivity index (χ1n) is 6.44. The summed E-state index contributed by atoms with van der Waals surface area (Å²) < 4.78 is 0. The van der Waals surface area contributed by atoms with Gasteiger partial charge in [-0.05, 0) is 19.4 Å². The van der Waals surface area contributed by atoms with Crippen LogP contribution in [-0.2, 0) is 9.59 Å². The van der Waals surface area contributed by atoms with E-state index in [9.17, 15) is 9.59 Å². The van der Waals surface area contributed by atoms with E-state index in [0.29, 0.717) is 13.1 Å². The van der Waals surface area contributed by atoms with Gasteiger partial charge in [0.2, 0.25) is 11.8 Å². The molecule has 0 unspecified atom stereocenters. The highest BCUT2D eigenvalue weighted by Crippen LogP contribution is 1.89. The number of rotatable bonds is 10. The Kier molecular flexibility index (Phi) is 10.7. The monoisotopic (exact) mass is 243 g/mol. The van der Waals surface area contributed by atoms with Crippen LogP contribution in [0.3, 0.4) is 0 Å². The topological polar surface area (TPSA) is 70.2 Å². The van der Waals surface area contributed by atoms with Gasteiger partial charge in [0.05, 0.1) is 0 Å². The van der Waals surface area contributed by atoms with Crippen LogP contribution in [0.25, 0.3) is 0 Å². The number of hydrogen-bond donors (Lipinski definition) is 3. The Labute approximate surface area is 104 Å². The molecule has 0 aromatic rings. The van der Waals surface area contributed by atoms with Crippen LogP contribution in [0.15, 0.2) is 0 Å². The summed E-state index contributed by atoms with van der Waals surface area (Å²) in [6.07, 6.45) is 2.55. The zero-order valence-corrected chi connectivity index (χ0v) is 11.0. The average Bonchev–Trinajstić information content (AvgIpc) is 2.33. The molecule has 0 saturated heterocycles. The molecule has 5 heteroatoms. The van der Waals surface area contributed by atoms with Gasteiger partial charge in [0.25, 0.3) is 0 Å². The largest absolute Gasteiger partial charge is 0.356 e. The van der Waals surface area contributed by atoms with Crippen LogP contribution in [0.5, 0.6) is 0 Å². The predicted molar refractivity (Wildman–Crippen MR) is 68.7 cm³/mol. The third-order valence-electron chi connectivity index (χ3n) is 2.20. The molecule has 0 radical (unpaired) electrons. The fourth-order valence-electron chi connectivity index (χ4n) is 1.26. The van der Waals surface area contributed by atoms with Gasteiger partial charge in [-0.3, -0.25) is 9.59 Å². The van der Waals surface area contributed by atoms with Crippen LogP contribution >= 0.6 is 0 Å². The zero-order chi connectivity index (χ0) is 12.9. The number of carbonyl (C=O) groups is 2. The summed E-state index contributed by atoms with van der Waals surface area (Å²) in [5, 5.41) is 8.70. The van der Waals surface area contributed by atoms with E-state index in [0.717, 1.165) is 25.9 Å². The van der Waals surface area contributed by atoms with Gasteiger partial charge in [-0.25, -0.2) is 0 Å². The number of hydrogen-bond acceptors (Lipinski definition) is 3. The van der Waals surface area contributed by atoms with E-state index in [1.165, 1.54) is 0 Å². The van der Waals surface area contributed by atoms with Crippen molar-refractivity contribution >= 4 is 11.8 Å². The van der Waals surface area contributed by atoms with E-state index in [4.69, 9.17) is 0 Å². The van der Waals surface area contributed by atoms with Gasteiger partial charge < -0.3 is 16.0 Å². The van der Waals surface area contributed by atoms with E-state index >= 15 is 0 Å². The minimum absolute atomic E-state index is 0.0499. The number of carbonyl (C=O) groups excluding carboxylic acids is 2. The highest BCUT2D eigenvalue weighted by atomic mass is 16.2. The molecular weight excluding hydrogens is 218 g/mol. The molecule has 0 aliphatic heterocycles. The van der Waals surface area contributed by atoms with Crippen molar-refractivity contribution < 1.29 is 9.59 Å². The summed E-state index contributed by atoms with van der Waals surface area (Å²) in [6, 6.07) is 0. The van der Waals surface area contributed by atoms with Gasteiger partial charge >= 0.3 is 0 Å². The SMILES string of the molecule is CCCNCCNC(=O)CCC(=O)NCCC. The standard InChI is InChI=1S/C12H25N3O2/c1-3-7-13-9-10-15-12(17)6-5-11(16)14-8-4-2/h13H,3-10H2,1-2H3,(H,14,16)(H,15,17). The Hall–Kier alpha value is -1.10. The third kappa shape index (κ3) is 11.2. The minimum atomic E-state index is -0.0602. The van der Waals surface area contributed by atoms with Crippen LogP contribution in [0.1, 0.15) is 39.5 Å². The molecule has 0 aromatic heterocycles. The van der Waals surface area contributed by atoms with Gasteiger partial charge in [-0.15, -0.1) is 0 Å². The molecule has 3 N–H and O–H groups in total. The second-order valence-corrected chi connectivity index (χ2v) is 3.95. The van der Waals surface area contributed by atoms with Crippen molar-refractivity contribution in [2.45, 2.75) is 39.5 Å². The van der Waals surface area contributed by atoms with Crippen molar-refractivity contribution in [1.29, 1.82) is 0 Å². The summed E-state index contributed by atoms with van der Waals surface area (Å²) in [6.45, 7) is 7.14. The molecule has 5 nitrogen and oxygen atoms in total. The van der Waals surface area contributed by atoms with E-state index in [2.05, 4.69) is 22.9 Å². The summed E-state index contributed by atoms with van der Waals surface area (Å²) in [7, 11) is 0. The second kappa shape index (κ2) is 11.4. The lowest BCUT2D eigenvalue weighted by Crippen LogP contribution is -2.33. The van der Waals surface area contributed by atoms with Gasteiger partial charge in [0.1, 0.15) is 0 Å². The lowest BCUT2D eigenvalue weighted by Gasteiger charge is -2.06. The molecule has 17 heavy (non-hydrogen) atoms. The molecule has 0 atom stereocenters. The van der Waals surface area contributed by atoms with Crippen molar-refractivity contribution in [3.63, 3.8) is 0 Å². The van der Waals surface area contributed by atoms with Crippen LogP contribution in [0.2, 0.25) is 0 Å². The van der Waals surface area contributed by atoms with Gasteiger partial charge in [0, 0.05) is 32.5 Å². The van der Waals surface area contributed by atoms with Crippen molar-refractivity contribution in [1.82, 2.24) is 16.0 Å². The highest BCUT2D eigenvalue weighted by Gasteiger charge is 2.05. The quantitative estimate of drug-likeness (QED) is 0.487. The maximum Gasteiger partial charge on any atom is 0.220 e. The second-order valence-electron chi connectivity index (χ2n) is 3.95. The first kappa shape index (κ1) is 15.9. The van der Waals surface area contributed by atoms with Crippen LogP contribution in [0, 0.1) is 0 Å². The lowest BCUT2D eigenvalue weighted by atomic mass is 10.2. The summed E-state index contributed by atoms with van der Waals surface area (Å²) in [5.41, 5.74) is 0. The fraction of sp³-hybridized carbons (Fsp3) is 0.833. The van der Waals surface area contributed by atoms with Crippen LogP contribution < -0.4 is 16.0 Å². The fourth-order valence-corrected chi connectivity index (χ4v) is 1.26. The van der Waals surface area contributed by atoms with E-state index in [1.807, 2.05) is 6.92 Å². The molecule has 100 valence electrons. The normalized spacial score (nSPS) is 10.0. The molecule has 0 aromatic carbocycles. The molecule has 0 saturated carbocycles. The van der Waals surface area contributed by atoms with E-state index < -0.39 is 0 Å². The zero-order valence-electron chi connectivity index (χ0n) is 11.0. The van der Waals surface area contributed by atoms with Crippen molar-refractivity contribution in [2.75, 3.05) is 26.2 Å². The molecule has 0 aliphatic carbocycles. The Morgan fingerprint density at radius 2 is 1.29 bits per heavy atom. The Balaban J connectivity index is 3.36. The first-order valence-corrected chi connectivity index (χ1v) is 6.44. The Morgan fingerprint density at radius 3 is 1.82 bits per heavy atom. The molecule has 0 bridgehead atoms. The van der Waals surface area contributed by atoms with Crippen LogP contribution in [0.4, 0.5) is 0 Å². The van der Waals surface area contributed by atoms with Crippen molar-refractivity contribution in [3.05, 3.63) is 0 Å². The van der Waals surface area contributed by atoms with E-state index in [-0.39, 0.29) is 24.7 Å². The maximum atomic E-state index is 11.3. The minimum Gasteiger partial charge on any atom is -0.356 e. The number of nitrogens with one attached hydrogen (secondary N) is 3. The molecular formula is C12H25N3O2. The van der Waals surface area contributed by atoms with Gasteiger partial charge in [-0.2, -0.15) is 0 Å². The van der Waals surface area contributed by atoms with E-state index in [1.54, 1.807) is 0 Å². The molecule has 0 spiro atoms. The Bertz CT molecular complexity index is 220. The molecule has 0 heterocycles. The third-order valence-corrected chi connectivity index (χ3v) is 2.20. The van der Waals surface area contributed by atoms with Gasteiger partial charge in [-0.1, -0.05) is 13.8 Å². The van der Waals surface area contributed by atoms with Crippen LogP contribution in [-0.4, -0.2) is 38.0 Å². The van der Waals surface area contributed by atoms with Crippen molar-refractivity contribution in [2.24, 2.45) is 0 Å². The first-order chi connectivity index (χ1) is 8.20. The maximum absolute atomic E-state index is 11.3. The molecule has 0 rings (SSSR count). The summed E-state index contributed by atoms with van der Waals surface area (Å²) in [5.74, 6) is -0.110. The number of amides is 2. The lowest BCUT2D eigenvalue weighted by molar-refractivity contribution is -0.126. The molecule has 0 fully saturated rings. The van der Waals surface area contributed by atoms with Crippen molar-refractivity contribution in [3.8, 4) is 0 Å².